The predicted molar refractivity (Wildman–Crippen MR) is 94.1 cm³/mol. The van der Waals surface area contributed by atoms with Crippen LogP contribution in [0.2, 0.25) is 0 Å². The number of aliphatic imine (C=N–C) groups is 1. The SMILES string of the molecule is CN=C(NCCc1nccs1)N1CCN(CC2CCOC2)CC1. The van der Waals surface area contributed by atoms with E-state index in [1.165, 1.54) is 18.0 Å². The Balaban J connectivity index is 1.38. The van der Waals surface area contributed by atoms with E-state index in [4.69, 9.17) is 4.74 Å². The first-order chi connectivity index (χ1) is 11.3. The van der Waals surface area contributed by atoms with Crippen LogP contribution >= 0.6 is 11.3 Å². The average molecular weight is 337 g/mol. The van der Waals surface area contributed by atoms with Gasteiger partial charge in [-0.15, -0.1) is 11.3 Å². The molecule has 3 rings (SSSR count). The highest BCUT2D eigenvalue weighted by atomic mass is 32.1. The van der Waals surface area contributed by atoms with Crippen molar-refractivity contribution in [1.29, 1.82) is 0 Å². The van der Waals surface area contributed by atoms with Gasteiger partial charge in [0.2, 0.25) is 0 Å². The normalized spacial score (nSPS) is 23.4. The number of aromatic nitrogens is 1. The third-order valence-electron chi connectivity index (χ3n) is 4.53. The molecule has 0 radical (unpaired) electrons. The van der Waals surface area contributed by atoms with Crippen LogP contribution in [0.4, 0.5) is 0 Å². The molecule has 1 unspecified atom stereocenters. The largest absolute Gasteiger partial charge is 0.381 e. The Hall–Kier alpha value is -1.18. The Morgan fingerprint density at radius 2 is 2.30 bits per heavy atom. The molecule has 23 heavy (non-hydrogen) atoms. The van der Waals surface area contributed by atoms with Crippen molar-refractivity contribution in [2.75, 3.05) is 59.5 Å². The zero-order valence-corrected chi connectivity index (χ0v) is 14.7. The molecule has 1 aromatic rings. The van der Waals surface area contributed by atoms with Crippen molar-refractivity contribution in [3.8, 4) is 0 Å². The third kappa shape index (κ3) is 4.89. The maximum Gasteiger partial charge on any atom is 0.193 e. The van der Waals surface area contributed by atoms with Crippen molar-refractivity contribution in [3.05, 3.63) is 16.6 Å². The number of ether oxygens (including phenoxy) is 1. The zero-order chi connectivity index (χ0) is 15.9. The Labute approximate surface area is 142 Å². The van der Waals surface area contributed by atoms with Crippen LogP contribution in [0.5, 0.6) is 0 Å². The van der Waals surface area contributed by atoms with E-state index in [9.17, 15) is 0 Å². The van der Waals surface area contributed by atoms with Gasteiger partial charge < -0.3 is 15.0 Å². The second kappa shape index (κ2) is 8.61. The molecular weight excluding hydrogens is 310 g/mol. The third-order valence-corrected chi connectivity index (χ3v) is 5.37. The minimum Gasteiger partial charge on any atom is -0.381 e. The fraction of sp³-hybridized carbons (Fsp3) is 0.750. The molecule has 0 spiro atoms. The lowest BCUT2D eigenvalue weighted by molar-refractivity contribution is 0.139. The van der Waals surface area contributed by atoms with Crippen molar-refractivity contribution >= 4 is 17.3 Å². The van der Waals surface area contributed by atoms with Crippen molar-refractivity contribution in [3.63, 3.8) is 0 Å². The summed E-state index contributed by atoms with van der Waals surface area (Å²) in [6.07, 6.45) is 4.04. The molecule has 0 bridgehead atoms. The van der Waals surface area contributed by atoms with Gasteiger partial charge in [-0.3, -0.25) is 9.89 Å². The van der Waals surface area contributed by atoms with Crippen LogP contribution in [0.1, 0.15) is 11.4 Å². The van der Waals surface area contributed by atoms with Gasteiger partial charge in [0.1, 0.15) is 0 Å². The van der Waals surface area contributed by atoms with E-state index in [1.807, 2.05) is 18.6 Å². The molecule has 3 heterocycles. The van der Waals surface area contributed by atoms with Crippen LogP contribution in [-0.4, -0.2) is 80.3 Å². The average Bonchev–Trinajstić information content (AvgIpc) is 3.26. The van der Waals surface area contributed by atoms with Gasteiger partial charge in [-0.25, -0.2) is 4.98 Å². The summed E-state index contributed by atoms with van der Waals surface area (Å²) >= 11 is 1.71. The summed E-state index contributed by atoms with van der Waals surface area (Å²) in [6.45, 7) is 8.28. The summed E-state index contributed by atoms with van der Waals surface area (Å²) in [5, 5.41) is 6.67. The topological polar surface area (TPSA) is 53.0 Å². The van der Waals surface area contributed by atoms with Crippen LogP contribution in [0, 0.1) is 5.92 Å². The number of nitrogens with zero attached hydrogens (tertiary/aromatic N) is 4. The molecule has 1 aromatic heterocycles. The standard InChI is InChI=1S/C16H27N5OS/c1-17-16(19-4-2-15-18-5-11-23-15)21-8-6-20(7-9-21)12-14-3-10-22-13-14/h5,11,14H,2-4,6-10,12-13H2,1H3,(H,17,19). The molecular formula is C16H27N5OS. The van der Waals surface area contributed by atoms with Gasteiger partial charge in [-0.1, -0.05) is 0 Å². The predicted octanol–water partition coefficient (Wildman–Crippen LogP) is 0.915. The van der Waals surface area contributed by atoms with Gasteiger partial charge in [-0.2, -0.15) is 0 Å². The molecule has 2 fully saturated rings. The van der Waals surface area contributed by atoms with Gasteiger partial charge in [0, 0.05) is 70.9 Å². The van der Waals surface area contributed by atoms with Gasteiger partial charge in [-0.05, 0) is 12.3 Å². The molecule has 1 N–H and O–H groups in total. The Morgan fingerprint density at radius 3 is 2.96 bits per heavy atom. The molecule has 0 aliphatic carbocycles. The second-order valence-electron chi connectivity index (χ2n) is 6.17. The molecule has 2 saturated heterocycles. The minimum atomic E-state index is 0.734. The van der Waals surface area contributed by atoms with Crippen molar-refractivity contribution < 1.29 is 4.74 Å². The quantitative estimate of drug-likeness (QED) is 0.639. The molecule has 2 aliphatic rings. The van der Waals surface area contributed by atoms with Gasteiger partial charge in [0.05, 0.1) is 11.6 Å². The van der Waals surface area contributed by atoms with E-state index in [0.717, 1.165) is 64.2 Å². The summed E-state index contributed by atoms with van der Waals surface area (Å²) in [7, 11) is 1.87. The van der Waals surface area contributed by atoms with Gasteiger partial charge in [0.15, 0.2) is 5.96 Å². The van der Waals surface area contributed by atoms with Gasteiger partial charge >= 0.3 is 0 Å². The molecule has 0 saturated carbocycles. The zero-order valence-electron chi connectivity index (χ0n) is 13.9. The van der Waals surface area contributed by atoms with Crippen LogP contribution in [0.15, 0.2) is 16.6 Å². The first kappa shape index (κ1) is 16.7. The summed E-state index contributed by atoms with van der Waals surface area (Å²) in [6, 6.07) is 0. The first-order valence-corrected chi connectivity index (χ1v) is 9.37. The molecule has 7 heteroatoms. The number of nitrogens with one attached hydrogen (secondary N) is 1. The summed E-state index contributed by atoms with van der Waals surface area (Å²) in [4.78, 5) is 13.7. The van der Waals surface area contributed by atoms with Crippen molar-refractivity contribution in [2.24, 2.45) is 10.9 Å². The summed E-state index contributed by atoms with van der Waals surface area (Å²) < 4.78 is 5.48. The first-order valence-electron chi connectivity index (χ1n) is 8.49. The summed E-state index contributed by atoms with van der Waals surface area (Å²) in [5.74, 6) is 1.75. The second-order valence-corrected chi connectivity index (χ2v) is 7.15. The fourth-order valence-corrected chi connectivity index (χ4v) is 3.85. The van der Waals surface area contributed by atoms with Crippen LogP contribution < -0.4 is 5.32 Å². The molecule has 1 atom stereocenters. The number of rotatable bonds is 5. The maximum atomic E-state index is 5.48. The van der Waals surface area contributed by atoms with Gasteiger partial charge in [0.25, 0.3) is 0 Å². The van der Waals surface area contributed by atoms with E-state index in [0.29, 0.717) is 0 Å². The number of guanidine groups is 1. The Kier molecular flexibility index (Phi) is 6.24. The minimum absolute atomic E-state index is 0.734. The molecule has 2 aliphatic heterocycles. The Morgan fingerprint density at radius 1 is 1.43 bits per heavy atom. The van der Waals surface area contributed by atoms with E-state index in [1.54, 1.807) is 11.3 Å². The maximum absolute atomic E-state index is 5.48. The number of piperazine rings is 1. The highest BCUT2D eigenvalue weighted by molar-refractivity contribution is 7.09. The van der Waals surface area contributed by atoms with E-state index in [2.05, 4.69) is 25.1 Å². The lowest BCUT2D eigenvalue weighted by atomic mass is 10.1. The fourth-order valence-electron chi connectivity index (χ4n) is 3.22. The lowest BCUT2D eigenvalue weighted by Gasteiger charge is -2.37. The number of hydrogen-bond acceptors (Lipinski definition) is 5. The van der Waals surface area contributed by atoms with Crippen LogP contribution in [0.25, 0.3) is 0 Å². The number of thiazole rings is 1. The van der Waals surface area contributed by atoms with Crippen molar-refractivity contribution in [1.82, 2.24) is 20.1 Å². The molecule has 0 aromatic carbocycles. The van der Waals surface area contributed by atoms with E-state index < -0.39 is 0 Å². The molecule has 128 valence electrons. The lowest BCUT2D eigenvalue weighted by Crippen LogP contribution is -2.53. The van der Waals surface area contributed by atoms with E-state index in [-0.39, 0.29) is 0 Å². The molecule has 0 amide bonds. The highest BCUT2D eigenvalue weighted by Crippen LogP contribution is 2.15. The van der Waals surface area contributed by atoms with Crippen molar-refractivity contribution in [2.45, 2.75) is 12.8 Å². The van der Waals surface area contributed by atoms with E-state index >= 15 is 0 Å². The monoisotopic (exact) mass is 337 g/mol. The van der Waals surface area contributed by atoms with Crippen LogP contribution in [0.3, 0.4) is 0 Å². The smallest absolute Gasteiger partial charge is 0.193 e. The Bertz CT molecular complexity index is 479. The summed E-state index contributed by atoms with van der Waals surface area (Å²) in [5.41, 5.74) is 0. The molecule has 6 nitrogen and oxygen atoms in total. The van der Waals surface area contributed by atoms with Crippen LogP contribution in [-0.2, 0) is 11.2 Å². The number of hydrogen-bond donors (Lipinski definition) is 1. The highest BCUT2D eigenvalue weighted by Gasteiger charge is 2.23.